The fraction of sp³-hybridized carbons (Fsp3) is 0.0625. The summed E-state index contributed by atoms with van der Waals surface area (Å²) in [5.41, 5.74) is 6.86. The molecular weight excluding hydrogens is 316 g/mol. The summed E-state index contributed by atoms with van der Waals surface area (Å²) in [6.45, 7) is 0. The van der Waals surface area contributed by atoms with Gasteiger partial charge in [0, 0.05) is 11.1 Å². The number of hydrogen-bond acceptors (Lipinski definition) is 5. The molecule has 2 aromatic carbocycles. The van der Waals surface area contributed by atoms with Crippen LogP contribution in [0.25, 0.3) is 11.4 Å². The van der Waals surface area contributed by atoms with Gasteiger partial charge in [0.2, 0.25) is 5.95 Å². The lowest BCUT2D eigenvalue weighted by Gasteiger charge is -2.03. The molecule has 23 heavy (non-hydrogen) atoms. The average molecular weight is 329 g/mol. The van der Waals surface area contributed by atoms with E-state index in [4.69, 9.17) is 22.1 Å². The molecule has 1 aromatic heterocycles. The first-order valence-electron chi connectivity index (χ1n) is 6.76. The SMILES string of the molecule is COc1ccc(C(=O)n2nc(-c3ccccc3Cl)nc2N)cc1. The molecule has 0 amide bonds. The summed E-state index contributed by atoms with van der Waals surface area (Å²) in [6, 6.07) is 13.7. The molecule has 116 valence electrons. The number of nitrogens with zero attached hydrogens (tertiary/aromatic N) is 3. The van der Waals surface area contributed by atoms with Crippen LogP contribution < -0.4 is 10.5 Å². The highest BCUT2D eigenvalue weighted by Crippen LogP contribution is 2.25. The van der Waals surface area contributed by atoms with Crippen LogP contribution in [0.2, 0.25) is 5.02 Å². The van der Waals surface area contributed by atoms with Gasteiger partial charge in [0.25, 0.3) is 5.91 Å². The largest absolute Gasteiger partial charge is 0.497 e. The lowest BCUT2D eigenvalue weighted by atomic mass is 10.2. The monoisotopic (exact) mass is 328 g/mol. The fourth-order valence-electron chi connectivity index (χ4n) is 2.09. The number of halogens is 1. The number of nitrogens with two attached hydrogens (primary N) is 1. The lowest BCUT2D eigenvalue weighted by molar-refractivity contribution is 0.0948. The van der Waals surface area contributed by atoms with Gasteiger partial charge in [0.05, 0.1) is 12.1 Å². The molecule has 0 bridgehead atoms. The first-order valence-corrected chi connectivity index (χ1v) is 7.14. The van der Waals surface area contributed by atoms with Crippen LogP contribution in [-0.2, 0) is 0 Å². The quantitative estimate of drug-likeness (QED) is 0.799. The standard InChI is InChI=1S/C16H13ClN4O2/c1-23-11-8-6-10(7-9-11)15(22)21-16(18)19-14(20-21)12-4-2-3-5-13(12)17/h2-9H,1H3,(H2,18,19,20). The molecule has 0 saturated carbocycles. The van der Waals surface area contributed by atoms with Crippen molar-refractivity contribution in [3.05, 3.63) is 59.1 Å². The molecule has 3 aromatic rings. The number of rotatable bonds is 3. The van der Waals surface area contributed by atoms with Crippen LogP contribution in [-0.4, -0.2) is 27.8 Å². The molecule has 0 saturated heterocycles. The number of carbonyl (C=O) groups is 1. The maximum Gasteiger partial charge on any atom is 0.281 e. The minimum Gasteiger partial charge on any atom is -0.497 e. The number of nitrogen functional groups attached to an aromatic ring is 1. The van der Waals surface area contributed by atoms with Gasteiger partial charge in [-0.1, -0.05) is 23.7 Å². The van der Waals surface area contributed by atoms with Crippen molar-refractivity contribution in [2.75, 3.05) is 12.8 Å². The predicted molar refractivity (Wildman–Crippen MR) is 87.6 cm³/mol. The van der Waals surface area contributed by atoms with E-state index in [2.05, 4.69) is 10.1 Å². The zero-order chi connectivity index (χ0) is 16.4. The summed E-state index contributed by atoms with van der Waals surface area (Å²) >= 11 is 6.12. The highest BCUT2D eigenvalue weighted by molar-refractivity contribution is 6.33. The molecule has 0 atom stereocenters. The Morgan fingerprint density at radius 1 is 1.17 bits per heavy atom. The molecule has 0 aliphatic heterocycles. The van der Waals surface area contributed by atoms with Crippen molar-refractivity contribution in [3.63, 3.8) is 0 Å². The van der Waals surface area contributed by atoms with Crippen LogP contribution in [0.5, 0.6) is 5.75 Å². The number of aromatic nitrogens is 3. The van der Waals surface area contributed by atoms with Gasteiger partial charge in [-0.15, -0.1) is 5.10 Å². The summed E-state index contributed by atoms with van der Waals surface area (Å²) in [5, 5.41) is 4.66. The fourth-order valence-corrected chi connectivity index (χ4v) is 2.31. The molecule has 0 unspecified atom stereocenters. The van der Waals surface area contributed by atoms with Crippen LogP contribution in [0.1, 0.15) is 10.4 Å². The third-order valence-electron chi connectivity index (χ3n) is 3.28. The Hall–Kier alpha value is -2.86. The zero-order valence-corrected chi connectivity index (χ0v) is 13.0. The van der Waals surface area contributed by atoms with Gasteiger partial charge in [0.15, 0.2) is 5.82 Å². The maximum absolute atomic E-state index is 12.5. The highest BCUT2D eigenvalue weighted by Gasteiger charge is 2.18. The third-order valence-corrected chi connectivity index (χ3v) is 3.61. The Kier molecular flexibility index (Phi) is 3.99. The van der Waals surface area contributed by atoms with Crippen LogP contribution in [0.3, 0.4) is 0 Å². The number of hydrogen-bond donors (Lipinski definition) is 1. The Morgan fingerprint density at radius 3 is 2.52 bits per heavy atom. The van der Waals surface area contributed by atoms with Gasteiger partial charge in [0.1, 0.15) is 5.75 Å². The van der Waals surface area contributed by atoms with Crippen molar-refractivity contribution in [2.24, 2.45) is 0 Å². The molecule has 0 aliphatic carbocycles. The minimum atomic E-state index is -0.379. The first-order chi connectivity index (χ1) is 11.1. The molecule has 0 spiro atoms. The van der Waals surface area contributed by atoms with Crippen molar-refractivity contribution >= 4 is 23.5 Å². The van der Waals surface area contributed by atoms with Crippen molar-refractivity contribution in [1.29, 1.82) is 0 Å². The number of anilines is 1. The Morgan fingerprint density at radius 2 is 1.87 bits per heavy atom. The van der Waals surface area contributed by atoms with Crippen molar-refractivity contribution in [3.8, 4) is 17.1 Å². The first kappa shape index (κ1) is 15.1. The number of carbonyl (C=O) groups excluding carboxylic acids is 1. The molecule has 1 heterocycles. The van der Waals surface area contributed by atoms with Crippen molar-refractivity contribution < 1.29 is 9.53 Å². The third kappa shape index (κ3) is 2.89. The van der Waals surface area contributed by atoms with Crippen molar-refractivity contribution in [1.82, 2.24) is 14.8 Å². The second kappa shape index (κ2) is 6.10. The zero-order valence-electron chi connectivity index (χ0n) is 12.2. The molecular formula is C16H13ClN4O2. The van der Waals surface area contributed by atoms with E-state index in [9.17, 15) is 4.79 Å². The van der Waals surface area contributed by atoms with Crippen LogP contribution in [0.4, 0.5) is 5.95 Å². The summed E-state index contributed by atoms with van der Waals surface area (Å²) < 4.78 is 6.12. The molecule has 2 N–H and O–H groups in total. The second-order valence-electron chi connectivity index (χ2n) is 4.72. The summed E-state index contributed by atoms with van der Waals surface area (Å²) in [5.74, 6) is 0.580. The molecule has 6 nitrogen and oxygen atoms in total. The molecule has 0 radical (unpaired) electrons. The molecule has 7 heteroatoms. The average Bonchev–Trinajstić information content (AvgIpc) is 2.96. The summed E-state index contributed by atoms with van der Waals surface area (Å²) in [6.07, 6.45) is 0. The number of ether oxygens (including phenoxy) is 1. The summed E-state index contributed by atoms with van der Waals surface area (Å²) in [4.78, 5) is 16.6. The van der Waals surface area contributed by atoms with Gasteiger partial charge < -0.3 is 10.5 Å². The van der Waals surface area contributed by atoms with E-state index in [0.717, 1.165) is 4.68 Å². The van der Waals surface area contributed by atoms with Crippen molar-refractivity contribution in [2.45, 2.75) is 0 Å². The summed E-state index contributed by atoms with van der Waals surface area (Å²) in [7, 11) is 1.56. The highest BCUT2D eigenvalue weighted by atomic mass is 35.5. The van der Waals surface area contributed by atoms with Gasteiger partial charge in [-0.2, -0.15) is 9.67 Å². The van der Waals surface area contributed by atoms with E-state index in [0.29, 0.717) is 27.7 Å². The normalized spacial score (nSPS) is 10.5. The Labute approximate surface area is 137 Å². The number of benzene rings is 2. The molecule has 3 rings (SSSR count). The minimum absolute atomic E-state index is 0.000683. The van der Waals surface area contributed by atoms with Gasteiger partial charge >= 0.3 is 0 Å². The van der Waals surface area contributed by atoms with Gasteiger partial charge in [-0.3, -0.25) is 4.79 Å². The van der Waals surface area contributed by atoms with Crippen LogP contribution in [0, 0.1) is 0 Å². The Bertz CT molecular complexity index is 859. The van der Waals surface area contributed by atoms with Crippen LogP contribution >= 0.6 is 11.6 Å². The molecule has 0 fully saturated rings. The predicted octanol–water partition coefficient (Wildman–Crippen LogP) is 2.88. The topological polar surface area (TPSA) is 83.0 Å². The van der Waals surface area contributed by atoms with E-state index in [1.54, 1.807) is 49.6 Å². The van der Waals surface area contributed by atoms with E-state index < -0.39 is 0 Å². The van der Waals surface area contributed by atoms with E-state index in [1.807, 2.05) is 6.07 Å². The van der Waals surface area contributed by atoms with Gasteiger partial charge in [-0.05, 0) is 36.4 Å². The maximum atomic E-state index is 12.5. The van der Waals surface area contributed by atoms with E-state index in [-0.39, 0.29) is 11.9 Å². The van der Waals surface area contributed by atoms with Gasteiger partial charge in [-0.25, -0.2) is 0 Å². The van der Waals surface area contributed by atoms with Crippen LogP contribution in [0.15, 0.2) is 48.5 Å². The molecule has 0 aliphatic rings. The van der Waals surface area contributed by atoms with E-state index in [1.165, 1.54) is 0 Å². The smallest absolute Gasteiger partial charge is 0.281 e. The van der Waals surface area contributed by atoms with E-state index >= 15 is 0 Å². The second-order valence-corrected chi connectivity index (χ2v) is 5.13. The lowest BCUT2D eigenvalue weighted by Crippen LogP contribution is -2.16. The number of methoxy groups -OCH3 is 1. The Balaban J connectivity index is 1.97.